The van der Waals surface area contributed by atoms with Gasteiger partial charge in [-0.25, -0.2) is 0 Å². The summed E-state index contributed by atoms with van der Waals surface area (Å²) in [5, 5.41) is 27.1. The lowest BCUT2D eigenvalue weighted by atomic mass is 9.80. The Bertz CT molecular complexity index is 478. The van der Waals surface area contributed by atoms with Crippen LogP contribution in [0.2, 0.25) is 6.32 Å². The second-order valence-electron chi connectivity index (χ2n) is 5.00. The number of fused-ring (bicyclic) bond motifs is 1. The highest BCUT2D eigenvalue weighted by Crippen LogP contribution is 2.43. The fraction of sp³-hybridized carbons (Fsp3) is 0.462. The minimum atomic E-state index is -1.31. The molecule has 1 aromatic rings. The molecule has 2 atom stereocenters. The van der Waals surface area contributed by atoms with Crippen molar-refractivity contribution >= 4 is 29.0 Å². The van der Waals surface area contributed by atoms with Gasteiger partial charge in [0.2, 0.25) is 0 Å². The number of carboxylic acids is 1. The van der Waals surface area contributed by atoms with Crippen LogP contribution in [0.4, 0.5) is 0 Å². The average molecular weight is 327 g/mol. The second-order valence-corrected chi connectivity index (χ2v) is 5.85. The van der Waals surface area contributed by atoms with E-state index in [2.05, 4.69) is 15.9 Å². The number of carbonyl (C=O) groups is 1. The normalized spacial score (nSPS) is 21.2. The maximum atomic E-state index is 11.5. The van der Waals surface area contributed by atoms with Gasteiger partial charge in [-0.1, -0.05) is 34.5 Å². The highest BCUT2D eigenvalue weighted by Gasteiger charge is 2.38. The first-order valence-electron chi connectivity index (χ1n) is 6.37. The molecular weight excluding hydrogens is 311 g/mol. The highest BCUT2D eigenvalue weighted by molar-refractivity contribution is 9.10. The van der Waals surface area contributed by atoms with E-state index in [9.17, 15) is 9.90 Å². The topological polar surface area (TPSA) is 77.8 Å². The van der Waals surface area contributed by atoms with Gasteiger partial charge in [-0.05, 0) is 42.3 Å². The first-order valence-corrected chi connectivity index (χ1v) is 7.16. The van der Waals surface area contributed by atoms with Crippen LogP contribution >= 0.6 is 15.9 Å². The first kappa shape index (κ1) is 14.6. The van der Waals surface area contributed by atoms with Crippen molar-refractivity contribution in [3.8, 4) is 0 Å². The molecule has 0 bridgehead atoms. The third-order valence-electron chi connectivity index (χ3n) is 3.73. The average Bonchev–Trinajstić information content (AvgIpc) is 2.68. The summed E-state index contributed by atoms with van der Waals surface area (Å²) in [4.78, 5) is 11.5. The quantitative estimate of drug-likeness (QED) is 0.724. The smallest absolute Gasteiger partial charge is 0.451 e. The van der Waals surface area contributed by atoms with E-state index in [0.29, 0.717) is 19.2 Å². The van der Waals surface area contributed by atoms with E-state index in [1.54, 1.807) is 0 Å². The minimum Gasteiger partial charge on any atom is -0.481 e. The summed E-state index contributed by atoms with van der Waals surface area (Å²) < 4.78 is 0.959. The zero-order valence-electron chi connectivity index (χ0n) is 10.4. The lowest BCUT2D eigenvalue weighted by Gasteiger charge is -2.16. The number of carboxylic acid groups (broad SMARTS) is 1. The molecule has 102 valence electrons. The zero-order valence-corrected chi connectivity index (χ0v) is 12.0. The maximum Gasteiger partial charge on any atom is 0.451 e. The fourth-order valence-electron chi connectivity index (χ4n) is 2.88. The predicted octanol–water partition coefficient (Wildman–Crippen LogP) is 2.04. The molecule has 0 heterocycles. The Hall–Kier alpha value is -0.845. The lowest BCUT2D eigenvalue weighted by Crippen LogP contribution is -2.18. The number of benzene rings is 1. The molecule has 0 fully saturated rings. The molecule has 2 unspecified atom stereocenters. The van der Waals surface area contributed by atoms with Crippen molar-refractivity contribution in [3.05, 3.63) is 33.8 Å². The van der Waals surface area contributed by atoms with Gasteiger partial charge in [0.1, 0.15) is 0 Å². The molecule has 0 aromatic heterocycles. The third kappa shape index (κ3) is 3.19. The van der Waals surface area contributed by atoms with Crippen molar-refractivity contribution in [2.75, 3.05) is 0 Å². The summed E-state index contributed by atoms with van der Waals surface area (Å²) in [6.07, 6.45) is 2.34. The number of rotatable bonds is 5. The van der Waals surface area contributed by atoms with Gasteiger partial charge < -0.3 is 15.2 Å². The van der Waals surface area contributed by atoms with Gasteiger partial charge >= 0.3 is 13.1 Å². The maximum absolute atomic E-state index is 11.5. The lowest BCUT2D eigenvalue weighted by molar-refractivity contribution is -0.139. The minimum absolute atomic E-state index is 0.0324. The van der Waals surface area contributed by atoms with Crippen LogP contribution in [0.5, 0.6) is 0 Å². The van der Waals surface area contributed by atoms with Crippen molar-refractivity contribution in [2.45, 2.75) is 31.5 Å². The van der Waals surface area contributed by atoms with Crippen LogP contribution < -0.4 is 0 Å². The summed E-state index contributed by atoms with van der Waals surface area (Å²) >= 11 is 3.47. The Labute approximate surface area is 120 Å². The number of halogens is 1. The molecule has 0 amide bonds. The Morgan fingerprint density at radius 3 is 2.79 bits per heavy atom. The Balaban J connectivity index is 2.14. The molecule has 0 aliphatic heterocycles. The molecule has 4 nitrogen and oxygen atoms in total. The number of hydrogen-bond acceptors (Lipinski definition) is 3. The molecule has 0 spiro atoms. The van der Waals surface area contributed by atoms with Crippen LogP contribution in [-0.4, -0.2) is 28.2 Å². The zero-order chi connectivity index (χ0) is 14.0. The summed E-state index contributed by atoms with van der Waals surface area (Å²) in [6.45, 7) is 0. The van der Waals surface area contributed by atoms with E-state index < -0.39 is 19.0 Å². The summed E-state index contributed by atoms with van der Waals surface area (Å²) in [5.41, 5.74) is 1.96. The number of aliphatic carboxylic acids is 1. The molecule has 0 saturated heterocycles. The van der Waals surface area contributed by atoms with Gasteiger partial charge in [-0.2, -0.15) is 0 Å². The molecule has 0 saturated carbocycles. The van der Waals surface area contributed by atoms with Gasteiger partial charge in [0.15, 0.2) is 0 Å². The molecule has 3 N–H and O–H groups in total. The Kier molecular flexibility index (Phi) is 4.65. The van der Waals surface area contributed by atoms with Crippen molar-refractivity contribution in [3.63, 3.8) is 0 Å². The molecule has 1 aliphatic rings. The second kappa shape index (κ2) is 6.07. The Morgan fingerprint density at radius 2 is 2.16 bits per heavy atom. The monoisotopic (exact) mass is 326 g/mol. The van der Waals surface area contributed by atoms with Gasteiger partial charge in [-0.15, -0.1) is 0 Å². The number of hydrogen-bond donors (Lipinski definition) is 3. The largest absolute Gasteiger partial charge is 0.481 e. The first-order chi connectivity index (χ1) is 9.00. The standard InChI is InChI=1S/C13H16BBrO4/c15-11-5-1-4-9-10(11)7-8(12(9)13(16)17)3-2-6-14(18)19/h1,4-5,8,12,18-19H,2-3,6-7H2,(H,16,17). The van der Waals surface area contributed by atoms with E-state index in [-0.39, 0.29) is 5.92 Å². The summed E-state index contributed by atoms with van der Waals surface area (Å²) in [6, 6.07) is 5.66. The van der Waals surface area contributed by atoms with Crippen LogP contribution in [-0.2, 0) is 11.2 Å². The van der Waals surface area contributed by atoms with Crippen molar-refractivity contribution in [1.29, 1.82) is 0 Å². The molecule has 2 rings (SSSR count). The van der Waals surface area contributed by atoms with E-state index in [1.165, 1.54) is 0 Å². The molecule has 19 heavy (non-hydrogen) atoms. The van der Waals surface area contributed by atoms with E-state index >= 15 is 0 Å². The van der Waals surface area contributed by atoms with Crippen molar-refractivity contribution < 1.29 is 19.9 Å². The van der Waals surface area contributed by atoms with Gasteiger partial charge in [-0.3, -0.25) is 4.79 Å². The molecule has 0 radical (unpaired) electrons. The SMILES string of the molecule is O=C(O)C1c2cccc(Br)c2CC1CCCB(O)O. The third-order valence-corrected chi connectivity index (χ3v) is 4.47. The van der Waals surface area contributed by atoms with Gasteiger partial charge in [0.05, 0.1) is 5.92 Å². The van der Waals surface area contributed by atoms with Gasteiger partial charge in [0.25, 0.3) is 0 Å². The highest BCUT2D eigenvalue weighted by atomic mass is 79.9. The summed E-state index contributed by atoms with van der Waals surface area (Å²) in [7, 11) is -1.31. The molecule has 1 aliphatic carbocycles. The van der Waals surface area contributed by atoms with Crippen LogP contribution in [0.1, 0.15) is 29.9 Å². The van der Waals surface area contributed by atoms with E-state index in [4.69, 9.17) is 10.0 Å². The van der Waals surface area contributed by atoms with Crippen LogP contribution in [0.15, 0.2) is 22.7 Å². The van der Waals surface area contributed by atoms with Crippen molar-refractivity contribution in [1.82, 2.24) is 0 Å². The molecule has 1 aromatic carbocycles. The van der Waals surface area contributed by atoms with E-state index in [1.807, 2.05) is 18.2 Å². The van der Waals surface area contributed by atoms with Crippen LogP contribution in [0.25, 0.3) is 0 Å². The van der Waals surface area contributed by atoms with Crippen molar-refractivity contribution in [2.24, 2.45) is 5.92 Å². The molecule has 6 heteroatoms. The Morgan fingerprint density at radius 1 is 1.42 bits per heavy atom. The van der Waals surface area contributed by atoms with Crippen LogP contribution in [0.3, 0.4) is 0 Å². The predicted molar refractivity (Wildman–Crippen MR) is 75.9 cm³/mol. The fourth-order valence-corrected chi connectivity index (χ4v) is 3.43. The van der Waals surface area contributed by atoms with E-state index in [0.717, 1.165) is 22.0 Å². The molecular formula is C13H16BBrO4. The van der Waals surface area contributed by atoms with Gasteiger partial charge in [0, 0.05) is 4.47 Å². The summed E-state index contributed by atoms with van der Waals surface area (Å²) in [5.74, 6) is -1.25. The van der Waals surface area contributed by atoms with Crippen LogP contribution in [0, 0.1) is 5.92 Å².